The molecule has 0 aliphatic carbocycles. The Morgan fingerprint density at radius 2 is 0.800 bits per heavy atom. The van der Waals surface area contributed by atoms with E-state index in [1.54, 1.807) is 0 Å². The van der Waals surface area contributed by atoms with Gasteiger partial charge >= 0.3 is 0 Å². The van der Waals surface area contributed by atoms with E-state index >= 15 is 0 Å². The normalized spacial score (nSPS) is 11.6. The Morgan fingerprint density at radius 1 is 0.360 bits per heavy atom. The van der Waals surface area contributed by atoms with Crippen LogP contribution >= 0.6 is 0 Å². The predicted octanol–water partition coefficient (Wildman–Crippen LogP) is 9.86. The first-order valence-electron chi connectivity index (χ1n) is 16.5. The van der Waals surface area contributed by atoms with Crippen LogP contribution in [0.1, 0.15) is 0 Å². The number of hydrogen-bond donors (Lipinski definition) is 0. The number of pyridine rings is 2. The molecule has 5 aromatic heterocycles. The molecule has 0 radical (unpaired) electrons. The summed E-state index contributed by atoms with van der Waals surface area (Å²) in [6.45, 7) is 0. The third kappa shape index (κ3) is 4.48. The molecule has 10 rings (SSSR count). The lowest BCUT2D eigenvalue weighted by atomic mass is 10.1. The molecule has 0 atom stereocenters. The maximum absolute atomic E-state index is 5.04. The number of nitrogens with zero attached hydrogens (tertiary/aromatic N) is 7. The molecular weight excluding hydrogens is 615 g/mol. The van der Waals surface area contributed by atoms with Crippen LogP contribution in [0.15, 0.2) is 164 Å². The predicted molar refractivity (Wildman–Crippen MR) is 200 cm³/mol. The van der Waals surface area contributed by atoms with Gasteiger partial charge in [0, 0.05) is 38.4 Å². The van der Waals surface area contributed by atoms with Gasteiger partial charge < -0.3 is 4.57 Å². The topological polar surface area (TPSA) is 74.3 Å². The highest BCUT2D eigenvalue weighted by molar-refractivity contribution is 6.11. The lowest BCUT2D eigenvalue weighted by molar-refractivity contribution is 0.951. The Labute approximate surface area is 286 Å². The van der Waals surface area contributed by atoms with Crippen molar-refractivity contribution in [2.45, 2.75) is 0 Å². The largest absolute Gasteiger partial charge is 0.308 e. The first-order chi connectivity index (χ1) is 24.8. The van der Waals surface area contributed by atoms with Gasteiger partial charge in [0.05, 0.1) is 45.8 Å². The molecular formula is C43H27N7. The van der Waals surface area contributed by atoms with Crippen LogP contribution in [0.4, 0.5) is 0 Å². The Kier molecular flexibility index (Phi) is 6.35. The smallest absolute Gasteiger partial charge is 0.238 e. The molecule has 0 aliphatic rings. The van der Waals surface area contributed by atoms with E-state index in [1.807, 2.05) is 85.2 Å². The standard InChI is InChI=1S/C43H27N7/c1-4-14-28(15-5-1)41-46-42(29-16-6-2-7-17-29)48-43(47-41)50-38-23-13-11-21-32(38)34-25-36(45-27-40(34)50)35-24-33-31-20-10-12-22-37(31)49(39(33)26-44-35)30-18-8-3-9-19-30/h1-27H. The third-order valence-corrected chi connectivity index (χ3v) is 9.28. The summed E-state index contributed by atoms with van der Waals surface area (Å²) in [5.74, 6) is 1.75. The highest BCUT2D eigenvalue weighted by atomic mass is 15.2. The molecule has 234 valence electrons. The van der Waals surface area contributed by atoms with Crippen molar-refractivity contribution in [1.29, 1.82) is 0 Å². The van der Waals surface area contributed by atoms with Gasteiger partial charge in [-0.1, -0.05) is 115 Å². The van der Waals surface area contributed by atoms with Crippen molar-refractivity contribution < 1.29 is 0 Å². The van der Waals surface area contributed by atoms with Crippen LogP contribution < -0.4 is 0 Å². The van der Waals surface area contributed by atoms with Gasteiger partial charge in [-0.3, -0.25) is 14.5 Å². The van der Waals surface area contributed by atoms with Gasteiger partial charge in [-0.2, -0.15) is 9.97 Å². The number of rotatable bonds is 5. The molecule has 0 fully saturated rings. The van der Waals surface area contributed by atoms with E-state index in [1.165, 1.54) is 5.39 Å². The summed E-state index contributed by atoms with van der Waals surface area (Å²) >= 11 is 0. The van der Waals surface area contributed by atoms with Crippen LogP contribution in [0.25, 0.3) is 89.4 Å². The van der Waals surface area contributed by atoms with Crippen LogP contribution in [-0.2, 0) is 0 Å². The number of fused-ring (bicyclic) bond motifs is 6. The maximum atomic E-state index is 5.04. The SMILES string of the molecule is c1ccc(-c2nc(-c3ccccc3)nc(-n3c4ccccc4c4cc(-c5cc6c7ccccc7n(-c7ccccc7)c6cn5)ncc43)n2)cc1. The van der Waals surface area contributed by atoms with Crippen molar-refractivity contribution in [3.8, 4) is 45.8 Å². The summed E-state index contributed by atoms with van der Waals surface area (Å²) in [5.41, 5.74) is 8.63. The highest BCUT2D eigenvalue weighted by Crippen LogP contribution is 2.36. The minimum atomic E-state index is 0.534. The maximum Gasteiger partial charge on any atom is 0.238 e. The molecule has 0 bridgehead atoms. The summed E-state index contributed by atoms with van der Waals surface area (Å²) in [5, 5.41) is 4.43. The minimum absolute atomic E-state index is 0.534. The molecule has 0 saturated carbocycles. The van der Waals surface area contributed by atoms with Gasteiger partial charge in [-0.15, -0.1) is 0 Å². The van der Waals surface area contributed by atoms with Crippen molar-refractivity contribution in [2.75, 3.05) is 0 Å². The molecule has 10 aromatic rings. The Morgan fingerprint density at radius 3 is 1.34 bits per heavy atom. The molecule has 0 N–H and O–H groups in total. The highest BCUT2D eigenvalue weighted by Gasteiger charge is 2.20. The number of aromatic nitrogens is 7. The van der Waals surface area contributed by atoms with E-state index in [-0.39, 0.29) is 0 Å². The zero-order valence-electron chi connectivity index (χ0n) is 26.7. The van der Waals surface area contributed by atoms with E-state index in [0.29, 0.717) is 17.6 Å². The molecule has 0 spiro atoms. The minimum Gasteiger partial charge on any atom is -0.308 e. The van der Waals surface area contributed by atoms with Gasteiger partial charge in [0.1, 0.15) is 0 Å². The van der Waals surface area contributed by atoms with Crippen molar-refractivity contribution in [1.82, 2.24) is 34.1 Å². The summed E-state index contributed by atoms with van der Waals surface area (Å²) < 4.78 is 4.36. The van der Waals surface area contributed by atoms with Crippen LogP contribution in [-0.4, -0.2) is 34.1 Å². The fourth-order valence-electron chi connectivity index (χ4n) is 6.98. The van der Waals surface area contributed by atoms with Crippen molar-refractivity contribution in [3.63, 3.8) is 0 Å². The Bertz CT molecular complexity index is 2800. The number of benzene rings is 5. The quantitative estimate of drug-likeness (QED) is 0.187. The van der Waals surface area contributed by atoms with Crippen LogP contribution in [0.5, 0.6) is 0 Å². The summed E-state index contributed by atoms with van der Waals surface area (Å²) in [6, 6.07) is 51.6. The molecule has 0 aliphatic heterocycles. The molecule has 0 saturated heterocycles. The zero-order valence-corrected chi connectivity index (χ0v) is 26.7. The Balaban J connectivity index is 1.17. The molecule has 5 heterocycles. The molecule has 7 nitrogen and oxygen atoms in total. The van der Waals surface area contributed by atoms with Gasteiger partial charge in [-0.05, 0) is 36.4 Å². The van der Waals surface area contributed by atoms with Gasteiger partial charge in [0.15, 0.2) is 11.6 Å². The summed E-state index contributed by atoms with van der Waals surface area (Å²) in [6.07, 6.45) is 3.88. The lowest BCUT2D eigenvalue weighted by Crippen LogP contribution is -2.06. The second-order valence-electron chi connectivity index (χ2n) is 12.2. The molecule has 0 amide bonds. The lowest BCUT2D eigenvalue weighted by Gasteiger charge is -2.11. The summed E-state index contributed by atoms with van der Waals surface area (Å²) in [4.78, 5) is 25.0. The fourth-order valence-corrected chi connectivity index (χ4v) is 6.98. The average molecular weight is 642 g/mol. The number of hydrogen-bond acceptors (Lipinski definition) is 5. The van der Waals surface area contributed by atoms with Crippen molar-refractivity contribution >= 4 is 43.6 Å². The van der Waals surface area contributed by atoms with E-state index in [4.69, 9.17) is 24.9 Å². The average Bonchev–Trinajstić information content (AvgIpc) is 3.71. The van der Waals surface area contributed by atoms with E-state index < -0.39 is 0 Å². The first-order valence-corrected chi connectivity index (χ1v) is 16.5. The fraction of sp³-hybridized carbons (Fsp3) is 0. The second-order valence-corrected chi connectivity index (χ2v) is 12.2. The van der Waals surface area contributed by atoms with Crippen LogP contribution in [0.3, 0.4) is 0 Å². The number of para-hydroxylation sites is 3. The summed E-state index contributed by atoms with van der Waals surface area (Å²) in [7, 11) is 0. The van der Waals surface area contributed by atoms with Crippen LogP contribution in [0.2, 0.25) is 0 Å². The van der Waals surface area contributed by atoms with E-state index in [9.17, 15) is 0 Å². The monoisotopic (exact) mass is 641 g/mol. The molecule has 0 unspecified atom stereocenters. The van der Waals surface area contributed by atoms with E-state index in [0.717, 1.165) is 66.4 Å². The van der Waals surface area contributed by atoms with Gasteiger partial charge in [0.25, 0.3) is 0 Å². The van der Waals surface area contributed by atoms with Crippen molar-refractivity contribution in [3.05, 3.63) is 164 Å². The van der Waals surface area contributed by atoms with Gasteiger partial charge in [0.2, 0.25) is 5.95 Å². The molecule has 50 heavy (non-hydrogen) atoms. The second kappa shape index (κ2) is 11.3. The van der Waals surface area contributed by atoms with E-state index in [2.05, 4.69) is 88.0 Å². The van der Waals surface area contributed by atoms with Crippen LogP contribution in [0, 0.1) is 0 Å². The first kappa shape index (κ1) is 28.1. The van der Waals surface area contributed by atoms with Crippen molar-refractivity contribution in [2.24, 2.45) is 0 Å². The molecule has 5 aromatic carbocycles. The third-order valence-electron chi connectivity index (χ3n) is 9.28. The van der Waals surface area contributed by atoms with Gasteiger partial charge in [-0.25, -0.2) is 4.98 Å². The Hall–Kier alpha value is -6.99. The zero-order chi connectivity index (χ0) is 33.0. The molecule has 7 heteroatoms.